The molecule has 2 N–H and O–H groups in total. The third kappa shape index (κ3) is 5.10. The van der Waals surface area contributed by atoms with Crippen molar-refractivity contribution in [1.29, 1.82) is 0 Å². The van der Waals surface area contributed by atoms with Crippen molar-refractivity contribution >= 4 is 59.0 Å². The molecule has 35 heavy (non-hydrogen) atoms. The van der Waals surface area contributed by atoms with Gasteiger partial charge in [-0.1, -0.05) is 23.7 Å². The maximum absolute atomic E-state index is 13.8. The fourth-order valence-corrected chi connectivity index (χ4v) is 5.63. The lowest BCUT2D eigenvalue weighted by Gasteiger charge is -2.39. The van der Waals surface area contributed by atoms with E-state index in [1.54, 1.807) is 0 Å². The lowest BCUT2D eigenvalue weighted by Crippen LogP contribution is -2.52. The second-order valence-electron chi connectivity index (χ2n) is 9.51. The number of hydrogen-bond acceptors (Lipinski definition) is 5. The molecule has 3 fully saturated rings. The van der Waals surface area contributed by atoms with Gasteiger partial charge in [0.15, 0.2) is 5.65 Å². The standard InChI is InChI=1S/C25H29ClN6O.2ClH/c26-18-7-5-17(6-8-18)22(21-2-1-9-27-21)25(33)32-12-10-31(11-13-32)23-19(16-3-4-16)14-28-24-20(23)15-29-30-24;;/h5-8,14-16,21-22,27H,1-4,9-13H2,(H,28,29,30);2*1H. The van der Waals surface area contributed by atoms with Gasteiger partial charge in [0.1, 0.15) is 0 Å². The first-order valence-corrected chi connectivity index (χ1v) is 12.4. The zero-order valence-corrected chi connectivity index (χ0v) is 21.8. The highest BCUT2D eigenvalue weighted by Gasteiger charge is 2.37. The molecule has 2 saturated heterocycles. The number of anilines is 1. The van der Waals surface area contributed by atoms with Crippen LogP contribution in [-0.2, 0) is 4.79 Å². The van der Waals surface area contributed by atoms with Crippen LogP contribution < -0.4 is 10.2 Å². The van der Waals surface area contributed by atoms with Crippen LogP contribution in [0.3, 0.4) is 0 Å². The molecule has 10 heteroatoms. The third-order valence-electron chi connectivity index (χ3n) is 7.40. The average Bonchev–Trinajstić information content (AvgIpc) is 3.33. The number of H-pyrrole nitrogens is 1. The Kier molecular flexibility index (Phi) is 8.11. The van der Waals surface area contributed by atoms with E-state index in [-0.39, 0.29) is 42.7 Å². The minimum absolute atomic E-state index is 0. The highest BCUT2D eigenvalue weighted by Crippen LogP contribution is 2.46. The maximum Gasteiger partial charge on any atom is 0.231 e. The summed E-state index contributed by atoms with van der Waals surface area (Å²) in [5, 5.41) is 12.6. The molecule has 188 valence electrons. The second kappa shape index (κ2) is 10.9. The summed E-state index contributed by atoms with van der Waals surface area (Å²) in [7, 11) is 0. The second-order valence-corrected chi connectivity index (χ2v) is 9.95. The molecule has 0 spiro atoms. The lowest BCUT2D eigenvalue weighted by molar-refractivity contribution is -0.133. The molecule has 3 aromatic rings. The number of amides is 1. The number of piperazine rings is 1. The predicted octanol–water partition coefficient (Wildman–Crippen LogP) is 4.52. The van der Waals surface area contributed by atoms with E-state index in [0.29, 0.717) is 10.9 Å². The van der Waals surface area contributed by atoms with Gasteiger partial charge in [-0.25, -0.2) is 4.98 Å². The smallest absolute Gasteiger partial charge is 0.231 e. The molecular formula is C25H31Cl3N6O. The van der Waals surface area contributed by atoms with Gasteiger partial charge in [0.25, 0.3) is 0 Å². The SMILES string of the molecule is Cl.Cl.O=C(C(c1ccc(Cl)cc1)C1CCCN1)N1CCN(c2c(C3CC3)cnc3[nH]ncc23)CC1. The number of nitrogens with one attached hydrogen (secondary N) is 2. The highest BCUT2D eigenvalue weighted by molar-refractivity contribution is 6.30. The fraction of sp³-hybridized carbons (Fsp3) is 0.480. The summed E-state index contributed by atoms with van der Waals surface area (Å²) in [5.74, 6) is 0.663. The number of carbonyl (C=O) groups excluding carboxylic acids is 1. The molecule has 1 aromatic carbocycles. The topological polar surface area (TPSA) is 77.2 Å². The number of hydrogen-bond donors (Lipinski definition) is 2. The summed E-state index contributed by atoms with van der Waals surface area (Å²) >= 11 is 6.12. The number of halogens is 3. The normalized spacial score (nSPS) is 20.9. The molecular weight excluding hydrogens is 507 g/mol. The quantitative estimate of drug-likeness (QED) is 0.501. The zero-order valence-electron chi connectivity index (χ0n) is 19.5. The molecule has 7 nitrogen and oxygen atoms in total. The lowest BCUT2D eigenvalue weighted by atomic mass is 9.89. The molecule has 2 atom stereocenters. The monoisotopic (exact) mass is 536 g/mol. The summed E-state index contributed by atoms with van der Waals surface area (Å²) in [6, 6.07) is 7.99. The molecule has 0 radical (unpaired) electrons. The average molecular weight is 538 g/mol. The maximum atomic E-state index is 13.8. The van der Waals surface area contributed by atoms with Crippen molar-refractivity contribution in [1.82, 2.24) is 25.4 Å². The zero-order chi connectivity index (χ0) is 22.4. The van der Waals surface area contributed by atoms with Gasteiger partial charge >= 0.3 is 0 Å². The van der Waals surface area contributed by atoms with Gasteiger partial charge in [0.2, 0.25) is 5.91 Å². The van der Waals surface area contributed by atoms with Gasteiger partial charge in [-0.2, -0.15) is 5.10 Å². The van der Waals surface area contributed by atoms with Gasteiger partial charge < -0.3 is 15.1 Å². The molecule has 1 saturated carbocycles. The first kappa shape index (κ1) is 26.0. The first-order chi connectivity index (χ1) is 16.2. The molecule has 0 bridgehead atoms. The summed E-state index contributed by atoms with van der Waals surface area (Å²) in [4.78, 5) is 22.9. The molecule has 1 amide bonds. The van der Waals surface area contributed by atoms with Crippen LogP contribution in [0.2, 0.25) is 5.02 Å². The molecule has 4 heterocycles. The molecule has 2 unspecified atom stereocenters. The van der Waals surface area contributed by atoms with Crippen molar-refractivity contribution in [2.45, 2.75) is 43.6 Å². The fourth-order valence-electron chi connectivity index (χ4n) is 5.51. The first-order valence-electron chi connectivity index (χ1n) is 12.0. The Bertz CT molecular complexity index is 1150. The Morgan fingerprint density at radius 2 is 1.77 bits per heavy atom. The number of aromatic nitrogens is 3. The van der Waals surface area contributed by atoms with Crippen molar-refractivity contribution in [2.75, 3.05) is 37.6 Å². The minimum Gasteiger partial charge on any atom is -0.367 e. The van der Waals surface area contributed by atoms with Crippen LogP contribution in [0.15, 0.2) is 36.7 Å². The minimum atomic E-state index is -0.167. The van der Waals surface area contributed by atoms with Crippen LogP contribution >= 0.6 is 36.4 Å². The number of fused-ring (bicyclic) bond motifs is 1. The summed E-state index contributed by atoms with van der Waals surface area (Å²) < 4.78 is 0. The van der Waals surface area contributed by atoms with Crippen molar-refractivity contribution in [2.24, 2.45) is 0 Å². The van der Waals surface area contributed by atoms with Crippen LogP contribution in [0.1, 0.15) is 48.6 Å². The molecule has 6 rings (SSSR count). The van der Waals surface area contributed by atoms with E-state index in [0.717, 1.165) is 62.2 Å². The summed E-state index contributed by atoms with van der Waals surface area (Å²) in [6.07, 6.45) is 8.51. The molecule has 2 aliphatic heterocycles. The van der Waals surface area contributed by atoms with E-state index in [2.05, 4.69) is 30.3 Å². The van der Waals surface area contributed by atoms with Crippen LogP contribution in [0, 0.1) is 0 Å². The Balaban J connectivity index is 0.00000144. The van der Waals surface area contributed by atoms with E-state index in [1.807, 2.05) is 36.7 Å². The highest BCUT2D eigenvalue weighted by atomic mass is 35.5. The van der Waals surface area contributed by atoms with E-state index < -0.39 is 0 Å². The summed E-state index contributed by atoms with van der Waals surface area (Å²) in [5.41, 5.74) is 4.48. The van der Waals surface area contributed by atoms with Gasteiger partial charge in [-0.05, 0) is 61.4 Å². The predicted molar refractivity (Wildman–Crippen MR) is 144 cm³/mol. The van der Waals surface area contributed by atoms with Crippen LogP contribution in [0.5, 0.6) is 0 Å². The largest absolute Gasteiger partial charge is 0.367 e. The number of nitrogens with zero attached hydrogens (tertiary/aromatic N) is 4. The molecule has 3 aliphatic rings. The van der Waals surface area contributed by atoms with Crippen molar-refractivity contribution < 1.29 is 4.79 Å². The van der Waals surface area contributed by atoms with Crippen LogP contribution in [0.4, 0.5) is 5.69 Å². The number of benzene rings is 1. The van der Waals surface area contributed by atoms with Crippen molar-refractivity contribution in [3.05, 3.63) is 52.8 Å². The number of rotatable bonds is 5. The Morgan fingerprint density at radius 1 is 1.03 bits per heavy atom. The number of aromatic amines is 1. The third-order valence-corrected chi connectivity index (χ3v) is 7.65. The van der Waals surface area contributed by atoms with Gasteiger partial charge in [0, 0.05) is 43.4 Å². The molecule has 1 aliphatic carbocycles. The van der Waals surface area contributed by atoms with E-state index in [9.17, 15) is 4.79 Å². The van der Waals surface area contributed by atoms with Crippen LogP contribution in [0.25, 0.3) is 11.0 Å². The van der Waals surface area contributed by atoms with Crippen molar-refractivity contribution in [3.63, 3.8) is 0 Å². The van der Waals surface area contributed by atoms with Crippen molar-refractivity contribution in [3.8, 4) is 0 Å². The number of carbonyl (C=O) groups is 1. The van der Waals surface area contributed by atoms with Gasteiger partial charge in [-0.15, -0.1) is 24.8 Å². The Labute approximate surface area is 222 Å². The van der Waals surface area contributed by atoms with E-state index in [4.69, 9.17) is 11.6 Å². The van der Waals surface area contributed by atoms with E-state index in [1.165, 1.54) is 24.1 Å². The number of pyridine rings is 1. The summed E-state index contributed by atoms with van der Waals surface area (Å²) in [6.45, 7) is 4.06. The van der Waals surface area contributed by atoms with E-state index >= 15 is 0 Å². The van der Waals surface area contributed by atoms with Crippen LogP contribution in [-0.4, -0.2) is 64.8 Å². The van der Waals surface area contributed by atoms with Gasteiger partial charge in [-0.3, -0.25) is 9.89 Å². The van der Waals surface area contributed by atoms with Gasteiger partial charge in [0.05, 0.1) is 23.2 Å². The molecule has 2 aromatic heterocycles. The Hall–Kier alpha value is -2.06. The Morgan fingerprint density at radius 3 is 2.43 bits per heavy atom.